The van der Waals surface area contributed by atoms with Crippen molar-refractivity contribution in [3.8, 4) is 16.9 Å². The monoisotopic (exact) mass is 460 g/mol. The molecule has 1 atom stereocenters. The number of anilines is 1. The topological polar surface area (TPSA) is 90.4 Å². The number of ether oxygens (including phenoxy) is 1. The molecule has 33 heavy (non-hydrogen) atoms. The van der Waals surface area contributed by atoms with E-state index in [0.717, 1.165) is 33.8 Å². The van der Waals surface area contributed by atoms with E-state index in [4.69, 9.17) is 14.1 Å². The van der Waals surface area contributed by atoms with Gasteiger partial charge in [-0.1, -0.05) is 6.07 Å². The van der Waals surface area contributed by atoms with Crippen LogP contribution in [0.3, 0.4) is 0 Å². The standard InChI is InChI=1S/C22H23F3N6O2/c1-11-8-15(32-5)6-7-16(11)19-14(4)30-31-17(9-12(2)27-20(19)31)26-13(3)10-18-28-29-21(33-18)22(23,24)25/h6-9,13,26H,10H2,1-5H3. The maximum absolute atomic E-state index is 12.7. The maximum atomic E-state index is 12.7. The van der Waals surface area contributed by atoms with E-state index in [2.05, 4.69) is 20.6 Å². The number of benzene rings is 1. The number of halogens is 3. The first-order chi connectivity index (χ1) is 15.6. The second-order valence-electron chi connectivity index (χ2n) is 7.91. The lowest BCUT2D eigenvalue weighted by atomic mass is 10.0. The van der Waals surface area contributed by atoms with Crippen LogP contribution < -0.4 is 10.1 Å². The predicted molar refractivity (Wildman–Crippen MR) is 115 cm³/mol. The van der Waals surface area contributed by atoms with Crippen LogP contribution >= 0.6 is 0 Å². The van der Waals surface area contributed by atoms with Crippen LogP contribution in [0.5, 0.6) is 5.75 Å². The number of aromatic nitrogens is 5. The fraction of sp³-hybridized carbons (Fsp3) is 0.364. The second-order valence-corrected chi connectivity index (χ2v) is 7.91. The fourth-order valence-electron chi connectivity index (χ4n) is 3.72. The van der Waals surface area contributed by atoms with Gasteiger partial charge in [0.25, 0.3) is 0 Å². The molecule has 0 bridgehead atoms. The molecule has 0 aliphatic rings. The van der Waals surface area contributed by atoms with Crippen molar-refractivity contribution in [3.63, 3.8) is 0 Å². The molecule has 0 spiro atoms. The molecule has 0 fully saturated rings. The summed E-state index contributed by atoms with van der Waals surface area (Å²) in [6.45, 7) is 7.59. The largest absolute Gasteiger partial charge is 0.497 e. The van der Waals surface area contributed by atoms with E-state index in [1.165, 1.54) is 0 Å². The average Bonchev–Trinajstić information content (AvgIpc) is 3.32. The van der Waals surface area contributed by atoms with Crippen molar-refractivity contribution in [2.24, 2.45) is 0 Å². The van der Waals surface area contributed by atoms with Crippen molar-refractivity contribution in [2.75, 3.05) is 12.4 Å². The molecule has 3 aromatic heterocycles. The van der Waals surface area contributed by atoms with Crippen molar-refractivity contribution in [1.29, 1.82) is 0 Å². The molecule has 11 heteroatoms. The highest BCUT2D eigenvalue weighted by Gasteiger charge is 2.38. The summed E-state index contributed by atoms with van der Waals surface area (Å²) in [5.74, 6) is -0.0360. The Morgan fingerprint density at radius 2 is 1.91 bits per heavy atom. The van der Waals surface area contributed by atoms with Crippen LogP contribution in [-0.2, 0) is 12.6 Å². The summed E-state index contributed by atoms with van der Waals surface area (Å²) < 4.78 is 49.9. The van der Waals surface area contributed by atoms with Crippen LogP contribution in [-0.4, -0.2) is 37.9 Å². The first-order valence-electron chi connectivity index (χ1n) is 10.2. The van der Waals surface area contributed by atoms with Gasteiger partial charge in [0.05, 0.1) is 12.8 Å². The SMILES string of the molecule is COc1ccc(-c2c(C)nn3c(NC(C)Cc4nnc(C(F)(F)F)o4)cc(C)nc23)c(C)c1. The van der Waals surface area contributed by atoms with Gasteiger partial charge >= 0.3 is 12.1 Å². The zero-order valence-corrected chi connectivity index (χ0v) is 18.8. The van der Waals surface area contributed by atoms with Crippen LogP contribution in [0.15, 0.2) is 28.7 Å². The van der Waals surface area contributed by atoms with Crippen molar-refractivity contribution in [3.05, 3.63) is 53.0 Å². The summed E-state index contributed by atoms with van der Waals surface area (Å²) in [7, 11) is 1.62. The summed E-state index contributed by atoms with van der Waals surface area (Å²) in [6, 6.07) is 7.34. The minimum Gasteiger partial charge on any atom is -0.497 e. The molecule has 1 unspecified atom stereocenters. The van der Waals surface area contributed by atoms with E-state index < -0.39 is 12.1 Å². The molecule has 8 nitrogen and oxygen atoms in total. The molecule has 3 heterocycles. The molecule has 0 aliphatic heterocycles. The van der Waals surface area contributed by atoms with Crippen LogP contribution in [0.4, 0.5) is 19.0 Å². The lowest BCUT2D eigenvalue weighted by Crippen LogP contribution is -2.20. The molecule has 0 saturated carbocycles. The van der Waals surface area contributed by atoms with Gasteiger partial charge in [-0.25, -0.2) is 4.98 Å². The maximum Gasteiger partial charge on any atom is 0.470 e. The summed E-state index contributed by atoms with van der Waals surface area (Å²) in [5.41, 5.74) is 5.15. The molecule has 1 N–H and O–H groups in total. The number of hydrogen-bond donors (Lipinski definition) is 1. The third-order valence-corrected chi connectivity index (χ3v) is 5.18. The van der Waals surface area contributed by atoms with E-state index in [9.17, 15) is 13.2 Å². The van der Waals surface area contributed by atoms with Gasteiger partial charge in [-0.2, -0.15) is 22.8 Å². The zero-order valence-electron chi connectivity index (χ0n) is 18.8. The minimum atomic E-state index is -4.67. The fourth-order valence-corrected chi connectivity index (χ4v) is 3.72. The molecule has 1 aromatic carbocycles. The van der Waals surface area contributed by atoms with Crippen molar-refractivity contribution < 1.29 is 22.3 Å². The quantitative estimate of drug-likeness (QED) is 0.443. The average molecular weight is 460 g/mol. The van der Waals surface area contributed by atoms with E-state index in [1.54, 1.807) is 11.6 Å². The molecular weight excluding hydrogens is 437 g/mol. The summed E-state index contributed by atoms with van der Waals surface area (Å²) in [6.07, 6.45) is -4.56. The van der Waals surface area contributed by atoms with Crippen LogP contribution in [0.2, 0.25) is 0 Å². The van der Waals surface area contributed by atoms with Crippen LogP contribution in [0.1, 0.15) is 35.7 Å². The first-order valence-corrected chi connectivity index (χ1v) is 10.2. The highest BCUT2D eigenvalue weighted by atomic mass is 19.4. The highest BCUT2D eigenvalue weighted by molar-refractivity contribution is 5.83. The number of fused-ring (bicyclic) bond motifs is 1. The molecule has 0 radical (unpaired) electrons. The third kappa shape index (κ3) is 4.48. The van der Waals surface area contributed by atoms with Gasteiger partial charge in [0, 0.05) is 29.8 Å². The van der Waals surface area contributed by atoms with Crippen molar-refractivity contribution >= 4 is 11.5 Å². The third-order valence-electron chi connectivity index (χ3n) is 5.18. The number of methoxy groups -OCH3 is 1. The molecule has 0 saturated heterocycles. The van der Waals surface area contributed by atoms with Gasteiger partial charge in [-0.05, 0) is 51.0 Å². The van der Waals surface area contributed by atoms with Gasteiger partial charge in [0.1, 0.15) is 11.6 Å². The zero-order chi connectivity index (χ0) is 23.9. The number of rotatable bonds is 6. The molecule has 4 aromatic rings. The Balaban J connectivity index is 1.67. The lowest BCUT2D eigenvalue weighted by Gasteiger charge is -2.15. The summed E-state index contributed by atoms with van der Waals surface area (Å²) >= 11 is 0. The smallest absolute Gasteiger partial charge is 0.470 e. The second kappa shape index (κ2) is 8.38. The Kier molecular flexibility index (Phi) is 5.73. The van der Waals surface area contributed by atoms with Crippen LogP contribution in [0.25, 0.3) is 16.8 Å². The van der Waals surface area contributed by atoms with E-state index in [0.29, 0.717) is 11.5 Å². The number of nitrogens with one attached hydrogen (secondary N) is 1. The number of hydrogen-bond acceptors (Lipinski definition) is 7. The van der Waals surface area contributed by atoms with E-state index in [-0.39, 0.29) is 18.4 Å². The first kappa shape index (κ1) is 22.6. The Morgan fingerprint density at radius 1 is 1.15 bits per heavy atom. The van der Waals surface area contributed by atoms with E-state index in [1.807, 2.05) is 52.0 Å². The Labute approximate surface area is 187 Å². The number of aryl methyl sites for hydroxylation is 3. The van der Waals surface area contributed by atoms with Gasteiger partial charge in [-0.3, -0.25) is 0 Å². The van der Waals surface area contributed by atoms with Crippen LogP contribution in [0, 0.1) is 20.8 Å². The van der Waals surface area contributed by atoms with Crippen molar-refractivity contribution in [2.45, 2.75) is 46.3 Å². The molecule has 174 valence electrons. The van der Waals surface area contributed by atoms with Gasteiger partial charge in [-0.15, -0.1) is 10.2 Å². The molecule has 0 amide bonds. The minimum absolute atomic E-state index is 0.101. The lowest BCUT2D eigenvalue weighted by molar-refractivity contribution is -0.157. The summed E-state index contributed by atoms with van der Waals surface area (Å²) in [4.78, 5) is 4.70. The summed E-state index contributed by atoms with van der Waals surface area (Å²) in [5, 5.41) is 14.5. The highest BCUT2D eigenvalue weighted by Crippen LogP contribution is 2.33. The Bertz CT molecular complexity index is 1310. The van der Waals surface area contributed by atoms with E-state index >= 15 is 0 Å². The Morgan fingerprint density at radius 3 is 2.55 bits per heavy atom. The van der Waals surface area contributed by atoms with Gasteiger partial charge in [0.15, 0.2) is 5.65 Å². The molecule has 0 aliphatic carbocycles. The Hall–Kier alpha value is -3.63. The van der Waals surface area contributed by atoms with Gasteiger partial charge in [0.2, 0.25) is 5.89 Å². The number of nitrogens with zero attached hydrogens (tertiary/aromatic N) is 5. The number of alkyl halides is 3. The molecular formula is C22H23F3N6O2. The van der Waals surface area contributed by atoms with Gasteiger partial charge < -0.3 is 14.5 Å². The predicted octanol–water partition coefficient (Wildman–Crippen LogP) is 4.78. The van der Waals surface area contributed by atoms with Crippen molar-refractivity contribution in [1.82, 2.24) is 24.8 Å². The molecule has 4 rings (SSSR count). The normalized spacial score (nSPS) is 12.8.